The summed E-state index contributed by atoms with van der Waals surface area (Å²) >= 11 is 0. The average molecular weight is 554 g/mol. The molecule has 1 aromatic heterocycles. The molecule has 0 radical (unpaired) electrons. The maximum Gasteiger partial charge on any atom is 0.295 e. The van der Waals surface area contributed by atoms with Crippen LogP contribution in [0.3, 0.4) is 0 Å². The van der Waals surface area contributed by atoms with Crippen LogP contribution >= 0.6 is 0 Å². The molecule has 1 amide bonds. The van der Waals surface area contributed by atoms with Gasteiger partial charge in [0.2, 0.25) is 0 Å². The van der Waals surface area contributed by atoms with E-state index in [2.05, 4.69) is 4.98 Å². The lowest BCUT2D eigenvalue weighted by Crippen LogP contribution is -2.31. The summed E-state index contributed by atoms with van der Waals surface area (Å²) in [6, 6.07) is 18.5. The van der Waals surface area contributed by atoms with E-state index in [0.29, 0.717) is 36.4 Å². The van der Waals surface area contributed by atoms with E-state index in [9.17, 15) is 19.8 Å². The molecule has 41 heavy (non-hydrogen) atoms. The van der Waals surface area contributed by atoms with Crippen LogP contribution in [0.15, 0.2) is 91.0 Å². The number of ether oxygens (including phenoxy) is 2. The summed E-state index contributed by atoms with van der Waals surface area (Å²) in [5.74, 6) is -1.05. The number of Topliss-reactive ketones (excluding diaryl/α,β-unsaturated/α-hetero) is 1. The van der Waals surface area contributed by atoms with Crippen molar-refractivity contribution in [2.75, 3.05) is 13.7 Å². The zero-order valence-corrected chi connectivity index (χ0v) is 22.9. The molecule has 1 unspecified atom stereocenters. The highest BCUT2D eigenvalue weighted by Gasteiger charge is 2.46. The first-order valence-corrected chi connectivity index (χ1v) is 13.3. The van der Waals surface area contributed by atoms with Gasteiger partial charge < -0.3 is 29.2 Å². The lowest BCUT2D eigenvalue weighted by atomic mass is 9.95. The number of benzene rings is 3. The largest absolute Gasteiger partial charge is 0.507 e. The summed E-state index contributed by atoms with van der Waals surface area (Å²) in [5, 5.41) is 21.5. The monoisotopic (exact) mass is 553 g/mol. The number of amides is 1. The normalized spacial score (nSPS) is 16.2. The number of aliphatic hydroxyl groups is 1. The van der Waals surface area contributed by atoms with Crippen molar-refractivity contribution in [3.8, 4) is 17.2 Å². The Balaban J connectivity index is 1.44. The second-order valence-corrected chi connectivity index (χ2v) is 9.88. The van der Waals surface area contributed by atoms with Crippen LogP contribution in [0.25, 0.3) is 5.76 Å². The van der Waals surface area contributed by atoms with Crippen molar-refractivity contribution in [1.29, 1.82) is 0 Å². The first-order valence-electron chi connectivity index (χ1n) is 13.3. The maximum absolute atomic E-state index is 13.4. The minimum absolute atomic E-state index is 0.0289. The molecule has 0 bridgehead atoms. The Kier molecular flexibility index (Phi) is 8.05. The zero-order chi connectivity index (χ0) is 28.9. The number of ketones is 1. The van der Waals surface area contributed by atoms with Crippen LogP contribution in [0.2, 0.25) is 0 Å². The Labute approximate surface area is 237 Å². The van der Waals surface area contributed by atoms with Gasteiger partial charge in [-0.15, -0.1) is 0 Å². The SMILES string of the molecule is COc1cc(C2/C(=C(/O)c3ccc(OCc4cccc(C)c4)cc3)C(=O)C(=O)N2CCCn2ccnc2)ccc1O. The van der Waals surface area contributed by atoms with E-state index >= 15 is 0 Å². The smallest absolute Gasteiger partial charge is 0.295 e. The Hall–Kier alpha value is -5.05. The van der Waals surface area contributed by atoms with Crippen molar-refractivity contribution in [1.82, 2.24) is 14.5 Å². The fourth-order valence-corrected chi connectivity index (χ4v) is 5.00. The van der Waals surface area contributed by atoms with Crippen molar-refractivity contribution in [2.24, 2.45) is 0 Å². The van der Waals surface area contributed by atoms with Crippen LogP contribution < -0.4 is 9.47 Å². The van der Waals surface area contributed by atoms with E-state index < -0.39 is 17.7 Å². The van der Waals surface area contributed by atoms with Crippen molar-refractivity contribution in [3.63, 3.8) is 0 Å². The van der Waals surface area contributed by atoms with E-state index in [0.717, 1.165) is 11.1 Å². The molecule has 1 aliphatic heterocycles. The molecule has 5 rings (SSSR count). The van der Waals surface area contributed by atoms with Crippen molar-refractivity contribution < 1.29 is 29.3 Å². The van der Waals surface area contributed by atoms with Gasteiger partial charge >= 0.3 is 0 Å². The van der Waals surface area contributed by atoms with Crippen LogP contribution in [-0.4, -0.2) is 50.0 Å². The summed E-state index contributed by atoms with van der Waals surface area (Å²) in [5.41, 5.74) is 3.06. The fourth-order valence-electron chi connectivity index (χ4n) is 5.00. The number of aliphatic hydroxyl groups excluding tert-OH is 1. The number of hydrogen-bond acceptors (Lipinski definition) is 7. The molecular formula is C32H31N3O6. The number of aromatic hydroxyl groups is 1. The molecule has 9 nitrogen and oxygen atoms in total. The number of aromatic nitrogens is 2. The van der Waals surface area contributed by atoms with Crippen LogP contribution in [-0.2, 0) is 22.7 Å². The van der Waals surface area contributed by atoms with Gasteiger partial charge in [0.15, 0.2) is 11.5 Å². The molecule has 0 aliphatic carbocycles. The molecule has 1 saturated heterocycles. The summed E-state index contributed by atoms with van der Waals surface area (Å²) in [6.45, 7) is 3.27. The minimum Gasteiger partial charge on any atom is -0.507 e. The molecule has 1 fully saturated rings. The Morgan fingerprint density at radius 3 is 2.54 bits per heavy atom. The second kappa shape index (κ2) is 12.0. The molecule has 4 aromatic rings. The number of aryl methyl sites for hydroxylation is 2. The van der Waals surface area contributed by atoms with Gasteiger partial charge in [-0.1, -0.05) is 35.9 Å². The Morgan fingerprint density at radius 1 is 1.02 bits per heavy atom. The zero-order valence-electron chi connectivity index (χ0n) is 22.9. The maximum atomic E-state index is 13.4. The Bertz CT molecular complexity index is 1580. The molecule has 0 saturated carbocycles. The molecule has 210 valence electrons. The number of carbonyl (C=O) groups excluding carboxylic acids is 2. The third-order valence-electron chi connectivity index (χ3n) is 7.05. The molecule has 2 N–H and O–H groups in total. The number of carbonyl (C=O) groups is 2. The van der Waals surface area contributed by atoms with Gasteiger partial charge in [0.05, 0.1) is 25.1 Å². The quantitative estimate of drug-likeness (QED) is 0.161. The van der Waals surface area contributed by atoms with Gasteiger partial charge in [-0.2, -0.15) is 0 Å². The average Bonchev–Trinajstić information content (AvgIpc) is 3.59. The number of imidazole rings is 1. The standard InChI is InChI=1S/C32H31N3O6/c1-21-5-3-6-22(17-21)19-41-25-10-7-23(8-11-25)30(37)28-29(24-9-12-26(36)27(18-24)40-2)35(32(39)31(28)38)15-4-14-34-16-13-33-20-34/h3,5-13,16-18,20,29,36-37H,4,14-15,19H2,1-2H3/b30-28-. The van der Waals surface area contributed by atoms with Gasteiger partial charge in [-0.3, -0.25) is 9.59 Å². The van der Waals surface area contributed by atoms with Crippen molar-refractivity contribution >= 4 is 17.4 Å². The summed E-state index contributed by atoms with van der Waals surface area (Å²) in [6.07, 6.45) is 5.74. The molecule has 1 aliphatic rings. The molecule has 9 heteroatoms. The van der Waals surface area contributed by atoms with Gasteiger partial charge in [-0.05, 0) is 60.9 Å². The Morgan fingerprint density at radius 2 is 1.83 bits per heavy atom. The molecule has 1 atom stereocenters. The predicted octanol–water partition coefficient (Wildman–Crippen LogP) is 5.00. The van der Waals surface area contributed by atoms with Gasteiger partial charge in [0, 0.05) is 31.0 Å². The van der Waals surface area contributed by atoms with Gasteiger partial charge in [-0.25, -0.2) is 4.98 Å². The van der Waals surface area contributed by atoms with E-state index in [4.69, 9.17) is 9.47 Å². The van der Waals surface area contributed by atoms with E-state index in [1.54, 1.807) is 48.9 Å². The topological polar surface area (TPSA) is 114 Å². The molecule has 3 aromatic carbocycles. The van der Waals surface area contributed by atoms with Crippen molar-refractivity contribution in [2.45, 2.75) is 32.5 Å². The van der Waals surface area contributed by atoms with Crippen LogP contribution in [0.4, 0.5) is 0 Å². The minimum atomic E-state index is -0.871. The number of methoxy groups -OCH3 is 1. The van der Waals surface area contributed by atoms with E-state index in [1.165, 1.54) is 18.1 Å². The highest BCUT2D eigenvalue weighted by molar-refractivity contribution is 6.46. The molecular weight excluding hydrogens is 522 g/mol. The van der Waals surface area contributed by atoms with Crippen LogP contribution in [0.5, 0.6) is 17.2 Å². The number of likely N-dealkylation sites (tertiary alicyclic amines) is 1. The number of nitrogens with zero attached hydrogens (tertiary/aromatic N) is 3. The summed E-state index contributed by atoms with van der Waals surface area (Å²) in [4.78, 5) is 32.1. The predicted molar refractivity (Wildman–Crippen MR) is 152 cm³/mol. The number of rotatable bonds is 10. The molecule has 0 spiro atoms. The third kappa shape index (κ3) is 5.94. The number of phenols is 1. The van der Waals surface area contributed by atoms with Gasteiger partial charge in [0.1, 0.15) is 18.1 Å². The highest BCUT2D eigenvalue weighted by Crippen LogP contribution is 2.42. The van der Waals surface area contributed by atoms with Crippen molar-refractivity contribution in [3.05, 3.63) is 113 Å². The van der Waals surface area contributed by atoms with E-state index in [1.807, 2.05) is 42.0 Å². The van der Waals surface area contributed by atoms with Gasteiger partial charge in [0.25, 0.3) is 11.7 Å². The van der Waals surface area contributed by atoms with E-state index in [-0.39, 0.29) is 29.4 Å². The second-order valence-electron chi connectivity index (χ2n) is 9.88. The first-order chi connectivity index (χ1) is 19.9. The first kappa shape index (κ1) is 27.5. The summed E-state index contributed by atoms with van der Waals surface area (Å²) < 4.78 is 13.1. The molecule has 2 heterocycles. The summed E-state index contributed by atoms with van der Waals surface area (Å²) in [7, 11) is 1.42. The lowest BCUT2D eigenvalue weighted by Gasteiger charge is -2.26. The third-order valence-corrected chi connectivity index (χ3v) is 7.05. The number of phenolic OH excluding ortho intramolecular Hbond substituents is 1. The highest BCUT2D eigenvalue weighted by atomic mass is 16.5. The fraction of sp³-hybridized carbons (Fsp3) is 0.219. The number of hydrogen-bond donors (Lipinski definition) is 2. The van der Waals surface area contributed by atoms with Crippen LogP contribution in [0, 0.1) is 6.92 Å². The van der Waals surface area contributed by atoms with Crippen LogP contribution in [0.1, 0.15) is 34.7 Å². The lowest BCUT2D eigenvalue weighted by molar-refractivity contribution is -0.139.